The number of hydrogen-bond donors (Lipinski definition) is 0. The summed E-state index contributed by atoms with van der Waals surface area (Å²) >= 11 is 3.28. The zero-order valence-electron chi connectivity index (χ0n) is 11.3. The highest BCUT2D eigenvalue weighted by molar-refractivity contribution is 9.10. The molecule has 3 nitrogen and oxygen atoms in total. The first-order valence-corrected chi connectivity index (χ1v) is 7.23. The Morgan fingerprint density at radius 2 is 1.81 bits per heavy atom. The smallest absolute Gasteiger partial charge is 0.134 e. The second kappa shape index (κ2) is 5.77. The normalized spacial score (nSPS) is 10.8. The molecular weight excluding hydrogens is 335 g/mol. The van der Waals surface area contributed by atoms with E-state index in [4.69, 9.17) is 4.74 Å². The van der Waals surface area contributed by atoms with Crippen molar-refractivity contribution in [1.82, 2.24) is 9.97 Å². The summed E-state index contributed by atoms with van der Waals surface area (Å²) in [6, 6.07) is 12.0. The lowest BCUT2D eigenvalue weighted by Crippen LogP contribution is -2.04. The van der Waals surface area contributed by atoms with Crippen molar-refractivity contribution >= 4 is 27.0 Å². The topological polar surface area (TPSA) is 35.0 Å². The van der Waals surface area contributed by atoms with Gasteiger partial charge in [0, 0.05) is 0 Å². The van der Waals surface area contributed by atoms with Crippen molar-refractivity contribution in [3.05, 3.63) is 64.1 Å². The van der Waals surface area contributed by atoms with E-state index in [1.54, 1.807) is 6.07 Å². The molecule has 2 aromatic carbocycles. The van der Waals surface area contributed by atoms with Crippen LogP contribution >= 0.6 is 15.9 Å². The maximum Gasteiger partial charge on any atom is 0.134 e. The predicted octanol–water partition coefficient (Wildman–Crippen LogP) is 4.42. The monoisotopic (exact) mass is 346 g/mol. The lowest BCUT2D eigenvalue weighted by molar-refractivity contribution is 0.298. The third-order valence-corrected chi connectivity index (χ3v) is 3.72. The van der Waals surface area contributed by atoms with E-state index in [0.717, 1.165) is 22.4 Å². The average molecular weight is 347 g/mol. The molecule has 0 aliphatic rings. The highest BCUT2D eigenvalue weighted by Gasteiger charge is 2.08. The summed E-state index contributed by atoms with van der Waals surface area (Å²) in [4.78, 5) is 9.07. The molecule has 3 aromatic rings. The second-order valence-corrected chi connectivity index (χ2v) is 5.46. The molecule has 0 aliphatic heterocycles. The zero-order valence-corrected chi connectivity index (χ0v) is 12.9. The fourth-order valence-corrected chi connectivity index (χ4v) is 2.47. The van der Waals surface area contributed by atoms with Crippen molar-refractivity contribution in [3.63, 3.8) is 0 Å². The van der Waals surface area contributed by atoms with Crippen molar-refractivity contribution < 1.29 is 9.13 Å². The third kappa shape index (κ3) is 3.03. The fourth-order valence-electron chi connectivity index (χ4n) is 2.00. The summed E-state index contributed by atoms with van der Waals surface area (Å²) in [6.45, 7) is 2.19. The molecule has 0 unspecified atom stereocenters. The van der Waals surface area contributed by atoms with E-state index < -0.39 is 0 Å². The lowest BCUT2D eigenvalue weighted by atomic mass is 10.2. The van der Waals surface area contributed by atoms with Gasteiger partial charge in [-0.15, -0.1) is 0 Å². The van der Waals surface area contributed by atoms with Gasteiger partial charge in [0.1, 0.15) is 18.2 Å². The number of nitrogens with zero attached hydrogens (tertiary/aromatic N) is 2. The van der Waals surface area contributed by atoms with Crippen LogP contribution in [0.5, 0.6) is 5.75 Å². The van der Waals surface area contributed by atoms with Gasteiger partial charge in [0.05, 0.1) is 26.9 Å². The Balaban J connectivity index is 1.86. The van der Waals surface area contributed by atoms with Crippen LogP contribution in [-0.2, 0) is 6.61 Å². The molecule has 0 N–H and O–H groups in total. The van der Waals surface area contributed by atoms with Gasteiger partial charge >= 0.3 is 0 Å². The van der Waals surface area contributed by atoms with Gasteiger partial charge in [-0.3, -0.25) is 0 Å². The summed E-state index contributed by atoms with van der Waals surface area (Å²) in [5.74, 6) is 0.265. The summed E-state index contributed by atoms with van der Waals surface area (Å²) in [5.41, 5.74) is 3.29. The fraction of sp³-hybridized carbons (Fsp3) is 0.125. The molecule has 0 bridgehead atoms. The Kier molecular flexibility index (Phi) is 3.84. The highest BCUT2D eigenvalue weighted by Crippen LogP contribution is 2.26. The van der Waals surface area contributed by atoms with Gasteiger partial charge in [-0.1, -0.05) is 12.1 Å². The van der Waals surface area contributed by atoms with Gasteiger partial charge in [-0.25, -0.2) is 14.4 Å². The standard InChI is InChI=1S/C16H12BrFN2O/c1-10-15(20-14-5-3-2-4-13(14)19-10)9-21-16-7-6-11(18)8-12(16)17/h2-8H,9H2,1H3. The van der Waals surface area contributed by atoms with Crippen LogP contribution < -0.4 is 4.74 Å². The van der Waals surface area contributed by atoms with Crippen LogP contribution in [-0.4, -0.2) is 9.97 Å². The maximum absolute atomic E-state index is 13.0. The first kappa shape index (κ1) is 13.9. The van der Waals surface area contributed by atoms with Crippen LogP contribution in [0.4, 0.5) is 4.39 Å². The molecule has 1 aromatic heterocycles. The summed E-state index contributed by atoms with van der Waals surface area (Å²) < 4.78 is 19.3. The molecule has 0 spiro atoms. The number of benzene rings is 2. The number of rotatable bonds is 3. The minimum absolute atomic E-state index is 0.286. The summed E-state index contributed by atoms with van der Waals surface area (Å²) in [6.07, 6.45) is 0. The van der Waals surface area contributed by atoms with E-state index in [1.807, 2.05) is 31.2 Å². The van der Waals surface area contributed by atoms with Crippen LogP contribution in [0.3, 0.4) is 0 Å². The van der Waals surface area contributed by atoms with Crippen LogP contribution in [0, 0.1) is 12.7 Å². The minimum atomic E-state index is -0.309. The second-order valence-electron chi connectivity index (χ2n) is 4.61. The Morgan fingerprint density at radius 3 is 2.52 bits per heavy atom. The number of fused-ring (bicyclic) bond motifs is 1. The van der Waals surface area contributed by atoms with Crippen molar-refractivity contribution in [1.29, 1.82) is 0 Å². The number of halogens is 2. The highest BCUT2D eigenvalue weighted by atomic mass is 79.9. The van der Waals surface area contributed by atoms with Gasteiger partial charge in [0.15, 0.2) is 0 Å². The number of hydrogen-bond acceptors (Lipinski definition) is 3. The van der Waals surface area contributed by atoms with Crippen LogP contribution in [0.25, 0.3) is 11.0 Å². The Morgan fingerprint density at radius 1 is 1.10 bits per heavy atom. The van der Waals surface area contributed by atoms with Crippen LogP contribution in [0.1, 0.15) is 11.4 Å². The van der Waals surface area contributed by atoms with Gasteiger partial charge in [-0.05, 0) is 53.2 Å². The molecule has 1 heterocycles. The molecular formula is C16H12BrFN2O. The number of ether oxygens (including phenoxy) is 1. The van der Waals surface area contributed by atoms with E-state index in [1.165, 1.54) is 12.1 Å². The number of aromatic nitrogens is 2. The van der Waals surface area contributed by atoms with Crippen molar-refractivity contribution in [2.45, 2.75) is 13.5 Å². The maximum atomic E-state index is 13.0. The van der Waals surface area contributed by atoms with Gasteiger partial charge in [-0.2, -0.15) is 0 Å². The minimum Gasteiger partial charge on any atom is -0.486 e. The van der Waals surface area contributed by atoms with E-state index in [2.05, 4.69) is 25.9 Å². The van der Waals surface area contributed by atoms with Gasteiger partial charge in [0.2, 0.25) is 0 Å². The number of aryl methyl sites for hydroxylation is 1. The Hall–Kier alpha value is -2.01. The molecule has 106 valence electrons. The van der Waals surface area contributed by atoms with E-state index in [0.29, 0.717) is 10.2 Å². The van der Waals surface area contributed by atoms with Crippen LogP contribution in [0.15, 0.2) is 46.9 Å². The van der Waals surface area contributed by atoms with E-state index >= 15 is 0 Å². The first-order valence-electron chi connectivity index (χ1n) is 6.43. The Labute approximate surface area is 129 Å². The molecule has 0 radical (unpaired) electrons. The molecule has 5 heteroatoms. The van der Waals surface area contributed by atoms with Crippen LogP contribution in [0.2, 0.25) is 0 Å². The average Bonchev–Trinajstić information content (AvgIpc) is 2.46. The predicted molar refractivity (Wildman–Crippen MR) is 82.7 cm³/mol. The lowest BCUT2D eigenvalue weighted by Gasteiger charge is -2.10. The molecule has 0 amide bonds. The van der Waals surface area contributed by atoms with Crippen molar-refractivity contribution in [2.24, 2.45) is 0 Å². The third-order valence-electron chi connectivity index (χ3n) is 3.10. The summed E-state index contributed by atoms with van der Waals surface area (Å²) in [7, 11) is 0. The molecule has 0 atom stereocenters. The zero-order chi connectivity index (χ0) is 14.8. The quantitative estimate of drug-likeness (QED) is 0.704. The molecule has 0 saturated heterocycles. The van der Waals surface area contributed by atoms with E-state index in [-0.39, 0.29) is 12.4 Å². The summed E-state index contributed by atoms with van der Waals surface area (Å²) in [5, 5.41) is 0. The number of para-hydroxylation sites is 2. The van der Waals surface area contributed by atoms with Gasteiger partial charge in [0.25, 0.3) is 0 Å². The SMILES string of the molecule is Cc1nc2ccccc2nc1COc1ccc(F)cc1Br. The molecule has 3 rings (SSSR count). The van der Waals surface area contributed by atoms with Crippen molar-refractivity contribution in [3.8, 4) is 5.75 Å². The molecule has 0 saturated carbocycles. The van der Waals surface area contributed by atoms with Crippen molar-refractivity contribution in [2.75, 3.05) is 0 Å². The first-order chi connectivity index (χ1) is 10.1. The molecule has 21 heavy (non-hydrogen) atoms. The molecule has 0 aliphatic carbocycles. The van der Waals surface area contributed by atoms with E-state index in [9.17, 15) is 4.39 Å². The molecule has 0 fully saturated rings. The van der Waals surface area contributed by atoms with Gasteiger partial charge < -0.3 is 4.74 Å². The Bertz CT molecular complexity index is 807. The largest absolute Gasteiger partial charge is 0.486 e.